The molecule has 78 valence electrons. The molecule has 1 aromatic carbocycles. The zero-order valence-corrected chi connectivity index (χ0v) is 9.63. The predicted octanol–water partition coefficient (Wildman–Crippen LogP) is 3.84. The molecular formula is C9H5Cl2FN2S. The number of halogens is 3. The van der Waals surface area contributed by atoms with Gasteiger partial charge in [0.1, 0.15) is 0 Å². The van der Waals surface area contributed by atoms with Crippen LogP contribution in [0.4, 0.5) is 9.52 Å². The summed E-state index contributed by atoms with van der Waals surface area (Å²) in [6.07, 6.45) is 1.47. The highest BCUT2D eigenvalue weighted by Gasteiger charge is 2.15. The third kappa shape index (κ3) is 1.93. The normalized spacial score (nSPS) is 10.6. The van der Waals surface area contributed by atoms with Gasteiger partial charge in [-0.25, -0.2) is 9.37 Å². The summed E-state index contributed by atoms with van der Waals surface area (Å²) in [5.74, 6) is -0.548. The van der Waals surface area contributed by atoms with E-state index in [9.17, 15) is 4.39 Å². The Kier molecular flexibility index (Phi) is 2.82. The Morgan fingerprint density at radius 1 is 1.27 bits per heavy atom. The van der Waals surface area contributed by atoms with Gasteiger partial charge in [-0.1, -0.05) is 34.5 Å². The number of nitrogens with zero attached hydrogens (tertiary/aromatic N) is 1. The van der Waals surface area contributed by atoms with Crippen molar-refractivity contribution in [1.29, 1.82) is 0 Å². The van der Waals surface area contributed by atoms with Gasteiger partial charge in [0.2, 0.25) is 0 Å². The monoisotopic (exact) mass is 262 g/mol. The van der Waals surface area contributed by atoms with E-state index < -0.39 is 5.82 Å². The van der Waals surface area contributed by atoms with E-state index in [1.165, 1.54) is 18.3 Å². The van der Waals surface area contributed by atoms with Gasteiger partial charge >= 0.3 is 0 Å². The number of rotatable bonds is 1. The molecule has 1 heterocycles. The quantitative estimate of drug-likeness (QED) is 0.794. The first-order valence-corrected chi connectivity index (χ1v) is 5.52. The van der Waals surface area contributed by atoms with E-state index in [1.807, 2.05) is 0 Å². The van der Waals surface area contributed by atoms with Crippen LogP contribution in [-0.4, -0.2) is 4.98 Å². The second kappa shape index (κ2) is 3.96. The summed E-state index contributed by atoms with van der Waals surface area (Å²) in [5, 5.41) is 0.683. The summed E-state index contributed by atoms with van der Waals surface area (Å²) >= 11 is 12.7. The molecule has 0 aliphatic heterocycles. The second-order valence-electron chi connectivity index (χ2n) is 2.78. The van der Waals surface area contributed by atoms with Crippen LogP contribution in [0.15, 0.2) is 18.3 Å². The van der Waals surface area contributed by atoms with Crippen molar-refractivity contribution in [2.75, 3.05) is 5.73 Å². The Hall–Kier alpha value is -0.840. The summed E-state index contributed by atoms with van der Waals surface area (Å²) in [6, 6.07) is 2.95. The predicted molar refractivity (Wildman–Crippen MR) is 61.9 cm³/mol. The Balaban J connectivity index is 2.66. The van der Waals surface area contributed by atoms with E-state index in [4.69, 9.17) is 28.9 Å². The summed E-state index contributed by atoms with van der Waals surface area (Å²) in [6.45, 7) is 0. The molecule has 0 bridgehead atoms. The van der Waals surface area contributed by atoms with Gasteiger partial charge in [0.25, 0.3) is 0 Å². The molecule has 0 unspecified atom stereocenters. The van der Waals surface area contributed by atoms with E-state index in [-0.39, 0.29) is 10.6 Å². The lowest BCUT2D eigenvalue weighted by Gasteiger charge is -2.03. The van der Waals surface area contributed by atoms with E-state index in [2.05, 4.69) is 4.98 Å². The molecule has 0 atom stereocenters. The minimum absolute atomic E-state index is 0.0290. The number of hydrogen-bond acceptors (Lipinski definition) is 3. The maximum atomic E-state index is 13.7. The van der Waals surface area contributed by atoms with Crippen LogP contribution in [0.25, 0.3) is 10.4 Å². The molecular weight excluding hydrogens is 258 g/mol. The van der Waals surface area contributed by atoms with Gasteiger partial charge in [-0.3, -0.25) is 0 Å². The summed E-state index contributed by atoms with van der Waals surface area (Å²) in [4.78, 5) is 4.40. The fraction of sp³-hybridized carbons (Fsp3) is 0. The summed E-state index contributed by atoms with van der Waals surface area (Å²) in [7, 11) is 0. The lowest BCUT2D eigenvalue weighted by molar-refractivity contribution is 0.632. The number of benzene rings is 1. The minimum Gasteiger partial charge on any atom is -0.375 e. The number of nitrogens with two attached hydrogens (primary N) is 1. The van der Waals surface area contributed by atoms with Crippen molar-refractivity contribution in [3.8, 4) is 10.4 Å². The van der Waals surface area contributed by atoms with Crippen molar-refractivity contribution < 1.29 is 4.39 Å². The summed E-state index contributed by atoms with van der Waals surface area (Å²) < 4.78 is 13.7. The molecule has 2 aromatic rings. The molecule has 1 aromatic heterocycles. The average Bonchev–Trinajstić information content (AvgIpc) is 2.59. The summed E-state index contributed by atoms with van der Waals surface area (Å²) in [5.41, 5.74) is 5.71. The van der Waals surface area contributed by atoms with Crippen molar-refractivity contribution in [3.05, 3.63) is 34.2 Å². The highest BCUT2D eigenvalue weighted by Crippen LogP contribution is 2.37. The lowest BCUT2D eigenvalue weighted by atomic mass is 10.2. The van der Waals surface area contributed by atoms with Crippen molar-refractivity contribution >= 4 is 39.7 Å². The van der Waals surface area contributed by atoms with Crippen LogP contribution in [0.3, 0.4) is 0 Å². The Morgan fingerprint density at radius 3 is 2.53 bits per heavy atom. The molecule has 0 radical (unpaired) electrons. The fourth-order valence-electron chi connectivity index (χ4n) is 1.16. The second-order valence-corrected chi connectivity index (χ2v) is 4.66. The standard InChI is InChI=1S/C9H5Cl2FN2S/c10-4-1-2-5(11)8(12)7(4)6-3-14-9(13)15-6/h1-3H,(H2,13,14). The van der Waals surface area contributed by atoms with E-state index in [0.29, 0.717) is 15.0 Å². The van der Waals surface area contributed by atoms with Gasteiger partial charge in [0, 0.05) is 11.8 Å². The number of aromatic nitrogens is 1. The number of thiazole rings is 1. The highest BCUT2D eigenvalue weighted by atomic mass is 35.5. The number of nitrogen functional groups attached to an aromatic ring is 1. The average molecular weight is 263 g/mol. The Bertz CT molecular complexity index is 513. The minimum atomic E-state index is -0.548. The van der Waals surface area contributed by atoms with Crippen molar-refractivity contribution in [3.63, 3.8) is 0 Å². The third-order valence-corrected chi connectivity index (χ3v) is 3.26. The molecule has 0 fully saturated rings. The smallest absolute Gasteiger partial charge is 0.180 e. The molecule has 0 aliphatic carbocycles. The van der Waals surface area contributed by atoms with Gasteiger partial charge in [-0.05, 0) is 12.1 Å². The molecule has 2 rings (SSSR count). The molecule has 15 heavy (non-hydrogen) atoms. The Labute approximate surface area is 99.5 Å². The van der Waals surface area contributed by atoms with Crippen molar-refractivity contribution in [2.24, 2.45) is 0 Å². The van der Waals surface area contributed by atoms with E-state index in [1.54, 1.807) is 0 Å². The van der Waals surface area contributed by atoms with E-state index >= 15 is 0 Å². The van der Waals surface area contributed by atoms with Crippen LogP contribution in [0.1, 0.15) is 0 Å². The van der Waals surface area contributed by atoms with E-state index in [0.717, 1.165) is 11.3 Å². The topological polar surface area (TPSA) is 38.9 Å². The van der Waals surface area contributed by atoms with Crippen molar-refractivity contribution in [1.82, 2.24) is 4.98 Å². The van der Waals surface area contributed by atoms with Crippen LogP contribution in [0.5, 0.6) is 0 Å². The lowest BCUT2D eigenvalue weighted by Crippen LogP contribution is -1.84. The zero-order valence-electron chi connectivity index (χ0n) is 7.30. The van der Waals surface area contributed by atoms with Crippen LogP contribution in [-0.2, 0) is 0 Å². The molecule has 0 saturated carbocycles. The molecule has 6 heteroatoms. The van der Waals surface area contributed by atoms with Gasteiger partial charge < -0.3 is 5.73 Å². The molecule has 0 aliphatic rings. The van der Waals surface area contributed by atoms with Crippen LogP contribution >= 0.6 is 34.5 Å². The first-order chi connectivity index (χ1) is 7.09. The van der Waals surface area contributed by atoms with Gasteiger partial charge in [0.05, 0.1) is 14.9 Å². The van der Waals surface area contributed by atoms with Crippen molar-refractivity contribution in [2.45, 2.75) is 0 Å². The van der Waals surface area contributed by atoms with Crippen LogP contribution < -0.4 is 5.73 Å². The molecule has 2 nitrogen and oxygen atoms in total. The fourth-order valence-corrected chi connectivity index (χ4v) is 2.36. The van der Waals surface area contributed by atoms with Gasteiger partial charge in [-0.15, -0.1) is 0 Å². The largest absolute Gasteiger partial charge is 0.375 e. The van der Waals surface area contributed by atoms with Crippen LogP contribution in [0, 0.1) is 5.82 Å². The number of anilines is 1. The molecule has 0 spiro atoms. The molecule has 0 saturated heterocycles. The SMILES string of the molecule is Nc1ncc(-c2c(Cl)ccc(Cl)c2F)s1. The molecule has 2 N–H and O–H groups in total. The zero-order chi connectivity index (χ0) is 11.0. The number of hydrogen-bond donors (Lipinski definition) is 1. The third-order valence-electron chi connectivity index (χ3n) is 1.81. The van der Waals surface area contributed by atoms with Gasteiger partial charge in [-0.2, -0.15) is 0 Å². The Morgan fingerprint density at radius 2 is 1.93 bits per heavy atom. The molecule has 0 amide bonds. The maximum Gasteiger partial charge on any atom is 0.180 e. The first kappa shape index (κ1) is 10.7. The maximum absolute atomic E-state index is 13.7. The first-order valence-electron chi connectivity index (χ1n) is 3.95. The highest BCUT2D eigenvalue weighted by molar-refractivity contribution is 7.18. The van der Waals surface area contributed by atoms with Gasteiger partial charge in [0.15, 0.2) is 10.9 Å². The van der Waals surface area contributed by atoms with Crippen LogP contribution in [0.2, 0.25) is 10.0 Å².